The van der Waals surface area contributed by atoms with Crippen molar-refractivity contribution in [2.45, 2.75) is 47.0 Å². The van der Waals surface area contributed by atoms with Crippen molar-refractivity contribution in [1.29, 1.82) is 0 Å². The van der Waals surface area contributed by atoms with E-state index in [2.05, 4.69) is 5.14 Å². The lowest BCUT2D eigenvalue weighted by atomic mass is 9.91. The molecule has 0 unspecified atom stereocenters. The van der Waals surface area contributed by atoms with E-state index in [1.807, 2.05) is 0 Å². The van der Waals surface area contributed by atoms with E-state index in [9.17, 15) is 83.1 Å². The van der Waals surface area contributed by atoms with Gasteiger partial charge in [-0.2, -0.15) is 74.6 Å². The standard InChI is InChI=1S/C8H2F17NO2S.FH/c9-1(10,3(13,14)5(17,18)7(21,22)23)2(11,12)4(15,16)6(19,20)8(24,25)29(26,27)28;/h(H2,26,27,28);1H. The second kappa shape index (κ2) is 7.08. The van der Waals surface area contributed by atoms with Crippen molar-refractivity contribution in [3.05, 3.63) is 0 Å². The fraction of sp³-hybridized carbons (Fsp3) is 1.00. The van der Waals surface area contributed by atoms with Crippen LogP contribution < -0.4 is 5.14 Å². The summed E-state index contributed by atoms with van der Waals surface area (Å²) in [4.78, 5) is 0. The van der Waals surface area contributed by atoms with E-state index in [-0.39, 0.29) is 4.70 Å². The summed E-state index contributed by atoms with van der Waals surface area (Å²) >= 11 is 0. The number of rotatable bonds is 7. The molecule has 0 aromatic heterocycles. The second-order valence-electron chi connectivity index (χ2n) is 5.01. The van der Waals surface area contributed by atoms with Crippen LogP contribution >= 0.6 is 0 Å². The van der Waals surface area contributed by atoms with Gasteiger partial charge in [-0.15, -0.1) is 0 Å². The summed E-state index contributed by atoms with van der Waals surface area (Å²) in [6.45, 7) is 0. The summed E-state index contributed by atoms with van der Waals surface area (Å²) in [6, 6.07) is 0. The molecule has 0 spiro atoms. The molecule has 0 atom stereocenters. The third-order valence-corrected chi connectivity index (χ3v) is 4.02. The summed E-state index contributed by atoms with van der Waals surface area (Å²) in [7, 11) is -7.39. The molecule has 0 aromatic carbocycles. The van der Waals surface area contributed by atoms with Crippen LogP contribution in [0.15, 0.2) is 0 Å². The molecule has 0 heterocycles. The average Bonchev–Trinajstić information content (AvgIpc) is 2.43. The zero-order chi connectivity index (χ0) is 24.5. The van der Waals surface area contributed by atoms with E-state index in [0.29, 0.717) is 0 Å². The van der Waals surface area contributed by atoms with Crippen molar-refractivity contribution in [2.75, 3.05) is 0 Å². The first kappa shape index (κ1) is 30.8. The van der Waals surface area contributed by atoms with Gasteiger partial charge in [0.25, 0.3) is 10.0 Å². The molecule has 0 aliphatic carbocycles. The maximum absolute atomic E-state index is 13.1. The molecule has 22 heteroatoms. The van der Waals surface area contributed by atoms with Crippen LogP contribution in [0.5, 0.6) is 0 Å². The van der Waals surface area contributed by atoms with E-state index in [0.717, 1.165) is 0 Å². The maximum atomic E-state index is 13.1. The van der Waals surface area contributed by atoms with E-state index in [1.54, 1.807) is 0 Å². The predicted octanol–water partition coefficient (Wildman–Crippen LogP) is 4.39. The Morgan fingerprint density at radius 1 is 0.433 bits per heavy atom. The first-order valence-corrected chi connectivity index (χ1v) is 7.28. The molecule has 184 valence electrons. The largest absolute Gasteiger partial charge is 0.460 e. The van der Waals surface area contributed by atoms with Gasteiger partial charge in [-0.25, -0.2) is 13.6 Å². The van der Waals surface area contributed by atoms with Gasteiger partial charge in [-0.3, -0.25) is 4.70 Å². The number of hydrogen-bond donors (Lipinski definition) is 1. The Balaban J connectivity index is 0. The van der Waals surface area contributed by atoms with Crippen molar-refractivity contribution in [3.63, 3.8) is 0 Å². The highest BCUT2D eigenvalue weighted by molar-refractivity contribution is 7.90. The normalized spacial score (nSPS) is 16.3. The Morgan fingerprint density at radius 2 is 0.633 bits per heavy atom. The van der Waals surface area contributed by atoms with E-state index in [4.69, 9.17) is 0 Å². The molecule has 0 fully saturated rings. The molecule has 30 heavy (non-hydrogen) atoms. The minimum Gasteiger partial charge on any atom is -0.269 e. The molecule has 0 radical (unpaired) electrons. The highest BCUT2D eigenvalue weighted by atomic mass is 32.2. The number of hydrogen-bond acceptors (Lipinski definition) is 2. The molecular weight excluding hydrogens is 516 g/mol. The predicted molar refractivity (Wildman–Crippen MR) is 56.3 cm³/mol. The summed E-state index contributed by atoms with van der Waals surface area (Å²) < 4.78 is 236. The van der Waals surface area contributed by atoms with Gasteiger partial charge >= 0.3 is 47.0 Å². The number of sulfonamides is 1. The molecule has 0 saturated carbocycles. The van der Waals surface area contributed by atoms with Crippen molar-refractivity contribution in [3.8, 4) is 0 Å². The zero-order valence-corrected chi connectivity index (χ0v) is 13.5. The van der Waals surface area contributed by atoms with Crippen LogP contribution in [0.1, 0.15) is 0 Å². The van der Waals surface area contributed by atoms with Gasteiger partial charge in [0.2, 0.25) is 0 Å². The van der Waals surface area contributed by atoms with Crippen molar-refractivity contribution < 1.29 is 87.8 Å². The average molecular weight is 519 g/mol. The molecule has 3 nitrogen and oxygen atoms in total. The van der Waals surface area contributed by atoms with Crippen LogP contribution in [0.2, 0.25) is 0 Å². The van der Waals surface area contributed by atoms with E-state index >= 15 is 0 Å². The van der Waals surface area contributed by atoms with Gasteiger partial charge in [0.1, 0.15) is 0 Å². The molecule has 0 aromatic rings. The van der Waals surface area contributed by atoms with E-state index in [1.165, 1.54) is 0 Å². The third-order valence-electron chi connectivity index (χ3n) is 3.05. The Hall–Kier alpha value is -1.35. The van der Waals surface area contributed by atoms with Crippen molar-refractivity contribution >= 4 is 10.0 Å². The van der Waals surface area contributed by atoms with Gasteiger partial charge in [0, 0.05) is 0 Å². The first-order valence-electron chi connectivity index (χ1n) is 5.74. The Bertz CT molecular complexity index is 736. The molecule has 0 aliphatic heterocycles. The fourth-order valence-electron chi connectivity index (χ4n) is 1.33. The lowest BCUT2D eigenvalue weighted by molar-refractivity contribution is -0.458. The van der Waals surface area contributed by atoms with Gasteiger partial charge in [-0.05, 0) is 0 Å². The number of halogens is 18. The SMILES string of the molecule is F.NS(=O)(=O)C(F)(F)C(F)(F)C(F)(F)C(F)(F)C(F)(F)C(F)(F)C(F)(F)C(F)(F)F. The second-order valence-corrected chi connectivity index (χ2v) is 6.61. The quantitative estimate of drug-likeness (QED) is 0.508. The van der Waals surface area contributed by atoms with Crippen LogP contribution in [-0.2, 0) is 10.0 Å². The van der Waals surface area contributed by atoms with Gasteiger partial charge in [-0.1, -0.05) is 0 Å². The summed E-state index contributed by atoms with van der Waals surface area (Å²) in [5.41, 5.74) is 0. The van der Waals surface area contributed by atoms with Crippen LogP contribution in [0.4, 0.5) is 79.3 Å². The highest BCUT2D eigenvalue weighted by Crippen LogP contribution is 2.64. The highest BCUT2D eigenvalue weighted by Gasteiger charge is 2.96. The summed E-state index contributed by atoms with van der Waals surface area (Å²) in [6.07, 6.45) is -7.86. The molecule has 0 aliphatic rings. The molecule has 0 amide bonds. The Morgan fingerprint density at radius 3 is 0.833 bits per heavy atom. The Labute approximate surface area is 151 Å². The van der Waals surface area contributed by atoms with E-state index < -0.39 is 57.0 Å². The monoisotopic (exact) mass is 519 g/mol. The van der Waals surface area contributed by atoms with Crippen LogP contribution in [0.25, 0.3) is 0 Å². The Kier molecular flexibility index (Phi) is 7.28. The molecular formula is C8H3F18NO2S. The molecule has 2 N–H and O–H groups in total. The smallest absolute Gasteiger partial charge is 0.269 e. The number of nitrogens with two attached hydrogens (primary N) is 1. The molecule has 0 bridgehead atoms. The number of alkyl halides is 17. The minimum atomic E-state index is -8.84. The van der Waals surface area contributed by atoms with Crippen molar-refractivity contribution in [2.24, 2.45) is 5.14 Å². The third kappa shape index (κ3) is 3.51. The first-order chi connectivity index (χ1) is 12.0. The molecule has 0 rings (SSSR count). The topological polar surface area (TPSA) is 60.2 Å². The lowest BCUT2D eigenvalue weighted by Crippen LogP contribution is -2.75. The van der Waals surface area contributed by atoms with Crippen molar-refractivity contribution in [1.82, 2.24) is 0 Å². The van der Waals surface area contributed by atoms with Crippen LogP contribution in [-0.4, -0.2) is 55.4 Å². The van der Waals surface area contributed by atoms with Crippen LogP contribution in [0.3, 0.4) is 0 Å². The van der Waals surface area contributed by atoms with Gasteiger partial charge in [0.05, 0.1) is 0 Å². The minimum absolute atomic E-state index is 0. The van der Waals surface area contributed by atoms with Crippen LogP contribution in [0, 0.1) is 0 Å². The molecule has 0 saturated heterocycles. The fourth-order valence-corrected chi connectivity index (χ4v) is 1.81. The maximum Gasteiger partial charge on any atom is 0.460 e. The lowest BCUT2D eigenvalue weighted by Gasteiger charge is -2.42. The summed E-state index contributed by atoms with van der Waals surface area (Å²) in [5.74, 6) is -51.6. The zero-order valence-electron chi connectivity index (χ0n) is 12.6. The summed E-state index contributed by atoms with van der Waals surface area (Å²) in [5, 5.41) is -4.30. The van der Waals surface area contributed by atoms with Gasteiger partial charge in [0.15, 0.2) is 0 Å². The number of primary sulfonamides is 1. The van der Waals surface area contributed by atoms with Gasteiger partial charge < -0.3 is 0 Å².